The van der Waals surface area contributed by atoms with Crippen molar-refractivity contribution in [2.45, 2.75) is 32.7 Å². The molecule has 0 bridgehead atoms. The lowest BCUT2D eigenvalue weighted by Crippen LogP contribution is -2.83. The number of quaternary nitrogens is 1. The van der Waals surface area contributed by atoms with Crippen LogP contribution in [0, 0.1) is 13.8 Å². The van der Waals surface area contributed by atoms with Crippen LogP contribution in [0.3, 0.4) is 0 Å². The van der Waals surface area contributed by atoms with Crippen molar-refractivity contribution in [3.63, 3.8) is 0 Å². The van der Waals surface area contributed by atoms with Gasteiger partial charge in [0, 0.05) is 12.1 Å². The summed E-state index contributed by atoms with van der Waals surface area (Å²) in [6.07, 6.45) is 2.21. The zero-order valence-electron chi connectivity index (χ0n) is 10.8. The maximum atomic E-state index is 12.4. The van der Waals surface area contributed by atoms with Crippen LogP contribution in [-0.4, -0.2) is 37.0 Å². The van der Waals surface area contributed by atoms with Crippen molar-refractivity contribution in [1.82, 2.24) is 4.90 Å². The number of hydrogen-bond donors (Lipinski definition) is 1. The van der Waals surface area contributed by atoms with Crippen molar-refractivity contribution in [2.24, 2.45) is 0 Å². The summed E-state index contributed by atoms with van der Waals surface area (Å²) in [7, 11) is 2.04. The van der Waals surface area contributed by atoms with Gasteiger partial charge in [0.2, 0.25) is 0 Å². The van der Waals surface area contributed by atoms with Crippen LogP contribution >= 0.6 is 0 Å². The molecule has 0 aromatic carbocycles. The zero-order chi connectivity index (χ0) is 12.4. The predicted molar refractivity (Wildman–Crippen MR) is 65.0 cm³/mol. The number of carbonyl (C=O) groups excluding carboxylic acids is 1. The first-order valence-corrected chi connectivity index (χ1v) is 6.29. The lowest BCUT2D eigenvalue weighted by atomic mass is 10.2. The third-order valence-corrected chi connectivity index (χ3v) is 3.38. The number of carbonyl (C=O) groups is 1. The summed E-state index contributed by atoms with van der Waals surface area (Å²) in [6.45, 7) is 5.65. The van der Waals surface area contributed by atoms with Crippen molar-refractivity contribution >= 4 is 5.91 Å². The van der Waals surface area contributed by atoms with E-state index in [4.69, 9.17) is 4.42 Å². The second-order valence-corrected chi connectivity index (χ2v) is 4.81. The first-order chi connectivity index (χ1) is 8.13. The number of nitrogens with zero attached hydrogens (tertiary/aromatic N) is 1. The minimum absolute atomic E-state index is 0.0555. The topological polar surface area (TPSA) is 50.1 Å². The quantitative estimate of drug-likeness (QED) is 0.841. The van der Waals surface area contributed by atoms with E-state index in [0.717, 1.165) is 37.3 Å². The number of likely N-dealkylation sites (tertiary alicyclic amines) is 1. The number of likely N-dealkylation sites (N-methyl/N-ethyl adjacent to an activating group) is 1. The molecule has 0 aliphatic carbocycles. The Hall–Kier alpha value is -1.29. The summed E-state index contributed by atoms with van der Waals surface area (Å²) >= 11 is 0. The highest BCUT2D eigenvalue weighted by atomic mass is 16.4. The maximum Gasteiger partial charge on any atom is 0.290 e. The van der Waals surface area contributed by atoms with Gasteiger partial charge in [0.05, 0.1) is 19.6 Å². The molecule has 2 N–H and O–H groups in total. The molecule has 0 radical (unpaired) electrons. The molecule has 1 aromatic rings. The second-order valence-electron chi connectivity index (χ2n) is 4.81. The van der Waals surface area contributed by atoms with E-state index in [1.807, 2.05) is 31.9 Å². The predicted octanol–water partition coefficient (Wildman–Crippen LogP) is 0.694. The molecule has 17 heavy (non-hydrogen) atoms. The van der Waals surface area contributed by atoms with Crippen molar-refractivity contribution < 1.29 is 14.5 Å². The van der Waals surface area contributed by atoms with Crippen LogP contribution in [-0.2, 0) is 0 Å². The Morgan fingerprint density at radius 1 is 1.59 bits per heavy atom. The zero-order valence-corrected chi connectivity index (χ0v) is 10.8. The maximum absolute atomic E-state index is 12.4. The van der Waals surface area contributed by atoms with Gasteiger partial charge in [-0.05, 0) is 32.8 Å². The van der Waals surface area contributed by atoms with Gasteiger partial charge in [-0.2, -0.15) is 0 Å². The number of furan rings is 1. The van der Waals surface area contributed by atoms with E-state index in [0.29, 0.717) is 11.8 Å². The Labute approximate surface area is 102 Å². The normalized spacial score (nSPS) is 19.9. The number of aryl methyl sites for hydroxylation is 2. The minimum Gasteiger partial charge on any atom is -0.456 e. The van der Waals surface area contributed by atoms with Gasteiger partial charge in [0.15, 0.2) is 5.76 Å². The average Bonchev–Trinajstić information content (AvgIpc) is 2.85. The molecule has 2 rings (SSSR count). The summed E-state index contributed by atoms with van der Waals surface area (Å²) in [5.41, 5.74) is 0.943. The summed E-state index contributed by atoms with van der Waals surface area (Å²) in [4.78, 5) is 14.3. The number of amides is 1. The Kier molecular flexibility index (Phi) is 3.52. The van der Waals surface area contributed by atoms with E-state index < -0.39 is 0 Å². The third kappa shape index (κ3) is 2.36. The second kappa shape index (κ2) is 4.92. The van der Waals surface area contributed by atoms with Crippen molar-refractivity contribution in [3.8, 4) is 0 Å². The molecular formula is C13H21N2O2+. The van der Waals surface area contributed by atoms with E-state index in [2.05, 4.69) is 5.32 Å². The lowest BCUT2D eigenvalue weighted by Gasteiger charge is -2.22. The molecule has 1 atom stereocenters. The van der Waals surface area contributed by atoms with Gasteiger partial charge in [-0.25, -0.2) is 0 Å². The van der Waals surface area contributed by atoms with Crippen LogP contribution in [0.1, 0.15) is 34.7 Å². The first kappa shape index (κ1) is 12.2. The third-order valence-electron chi connectivity index (χ3n) is 3.38. The van der Waals surface area contributed by atoms with E-state index >= 15 is 0 Å². The van der Waals surface area contributed by atoms with Gasteiger partial charge in [0.1, 0.15) is 5.76 Å². The van der Waals surface area contributed by atoms with Crippen LogP contribution in [0.25, 0.3) is 0 Å². The molecule has 1 saturated heterocycles. The Morgan fingerprint density at radius 2 is 2.35 bits per heavy atom. The molecule has 1 aliphatic rings. The summed E-state index contributed by atoms with van der Waals surface area (Å²) in [5, 5.41) is 2.14. The van der Waals surface area contributed by atoms with Gasteiger partial charge >= 0.3 is 0 Å². The summed E-state index contributed by atoms with van der Waals surface area (Å²) < 4.78 is 5.51. The fraction of sp³-hybridized carbons (Fsp3) is 0.615. The molecule has 1 amide bonds. The van der Waals surface area contributed by atoms with Gasteiger partial charge in [-0.1, -0.05) is 0 Å². The van der Waals surface area contributed by atoms with E-state index in [-0.39, 0.29) is 5.91 Å². The Morgan fingerprint density at radius 3 is 2.94 bits per heavy atom. The Bertz CT molecular complexity index is 412. The van der Waals surface area contributed by atoms with E-state index in [1.54, 1.807) is 0 Å². The Balaban J connectivity index is 2.16. The highest BCUT2D eigenvalue weighted by Crippen LogP contribution is 2.22. The SMILES string of the molecule is C[NH2+]C[C@@H]1CCCN1C(=O)c1oc(C)cc1C. The first-order valence-electron chi connectivity index (χ1n) is 6.29. The van der Waals surface area contributed by atoms with Crippen LogP contribution in [0.4, 0.5) is 0 Å². The standard InChI is InChI=1S/C13H20N2O2/c1-9-7-10(2)17-12(9)13(16)15-6-4-5-11(15)8-14-3/h7,11,14H,4-6,8H2,1-3H3/p+1/t11-/m0/s1. The smallest absolute Gasteiger partial charge is 0.290 e. The molecule has 0 unspecified atom stereocenters. The fourth-order valence-corrected chi connectivity index (χ4v) is 2.60. The van der Waals surface area contributed by atoms with E-state index in [9.17, 15) is 4.79 Å². The molecule has 1 aliphatic heterocycles. The van der Waals surface area contributed by atoms with Gasteiger partial charge < -0.3 is 14.6 Å². The van der Waals surface area contributed by atoms with Crippen molar-refractivity contribution in [1.29, 1.82) is 0 Å². The largest absolute Gasteiger partial charge is 0.456 e. The number of nitrogens with two attached hydrogens (primary N) is 1. The van der Waals surface area contributed by atoms with E-state index in [1.165, 1.54) is 0 Å². The molecule has 0 spiro atoms. The molecule has 2 heterocycles. The highest BCUT2D eigenvalue weighted by molar-refractivity contribution is 5.93. The number of rotatable bonds is 3. The molecule has 0 saturated carbocycles. The molecule has 94 valence electrons. The number of hydrogen-bond acceptors (Lipinski definition) is 2. The monoisotopic (exact) mass is 237 g/mol. The molecular weight excluding hydrogens is 216 g/mol. The van der Waals surface area contributed by atoms with Crippen molar-refractivity contribution in [2.75, 3.05) is 20.1 Å². The molecule has 1 aromatic heterocycles. The lowest BCUT2D eigenvalue weighted by molar-refractivity contribution is -0.630. The van der Waals surface area contributed by atoms with Crippen LogP contribution in [0.15, 0.2) is 10.5 Å². The van der Waals surface area contributed by atoms with Gasteiger partial charge in [0.25, 0.3) is 5.91 Å². The average molecular weight is 237 g/mol. The summed E-state index contributed by atoms with van der Waals surface area (Å²) in [6, 6.07) is 2.28. The van der Waals surface area contributed by atoms with Gasteiger partial charge in [-0.3, -0.25) is 4.79 Å². The minimum atomic E-state index is 0.0555. The highest BCUT2D eigenvalue weighted by Gasteiger charge is 2.32. The van der Waals surface area contributed by atoms with Gasteiger partial charge in [-0.15, -0.1) is 0 Å². The molecule has 1 fully saturated rings. The fourth-order valence-electron chi connectivity index (χ4n) is 2.60. The van der Waals surface area contributed by atoms with Crippen LogP contribution in [0.2, 0.25) is 0 Å². The summed E-state index contributed by atoms with van der Waals surface area (Å²) in [5.74, 6) is 1.38. The molecule has 4 heteroatoms. The van der Waals surface area contributed by atoms with Crippen LogP contribution < -0.4 is 5.32 Å². The van der Waals surface area contributed by atoms with Crippen LogP contribution in [0.5, 0.6) is 0 Å². The van der Waals surface area contributed by atoms with Crippen molar-refractivity contribution in [3.05, 3.63) is 23.2 Å². The molecule has 4 nitrogen and oxygen atoms in total.